The highest BCUT2D eigenvalue weighted by molar-refractivity contribution is 5.95. The first-order chi connectivity index (χ1) is 7.62. The molecule has 0 fully saturated rings. The number of carbonyl (C=O) groups is 1. The summed E-state index contributed by atoms with van der Waals surface area (Å²) >= 11 is 0. The lowest BCUT2D eigenvalue weighted by Gasteiger charge is -2.19. The molecule has 88 valence electrons. The molecule has 3 nitrogen and oxygen atoms in total. The lowest BCUT2D eigenvalue weighted by Crippen LogP contribution is -2.30. The van der Waals surface area contributed by atoms with Crippen molar-refractivity contribution in [2.45, 2.75) is 27.2 Å². The molecule has 0 radical (unpaired) electrons. The number of rotatable bonds is 4. The van der Waals surface area contributed by atoms with Gasteiger partial charge in [-0.1, -0.05) is 6.92 Å². The zero-order valence-corrected chi connectivity index (χ0v) is 10.3. The number of amides is 1. The summed E-state index contributed by atoms with van der Waals surface area (Å²) in [5.74, 6) is 0.0620. The van der Waals surface area contributed by atoms with Gasteiger partial charge in [-0.3, -0.25) is 4.79 Å². The molecule has 1 aromatic carbocycles. The maximum atomic E-state index is 12.1. The van der Waals surface area contributed by atoms with Crippen molar-refractivity contribution in [1.82, 2.24) is 4.90 Å². The van der Waals surface area contributed by atoms with Gasteiger partial charge in [0.25, 0.3) is 5.91 Å². The summed E-state index contributed by atoms with van der Waals surface area (Å²) in [6, 6.07) is 5.59. The number of benzene rings is 1. The van der Waals surface area contributed by atoms with Crippen molar-refractivity contribution >= 4 is 11.6 Å². The fraction of sp³-hybridized carbons (Fsp3) is 0.462. The van der Waals surface area contributed by atoms with Crippen LogP contribution in [0.2, 0.25) is 0 Å². The van der Waals surface area contributed by atoms with Gasteiger partial charge >= 0.3 is 0 Å². The minimum absolute atomic E-state index is 0.0620. The van der Waals surface area contributed by atoms with Gasteiger partial charge in [0.2, 0.25) is 0 Å². The van der Waals surface area contributed by atoms with E-state index in [-0.39, 0.29) is 5.91 Å². The molecule has 0 saturated carbocycles. The van der Waals surface area contributed by atoms with Crippen LogP contribution in [-0.4, -0.2) is 23.9 Å². The van der Waals surface area contributed by atoms with Crippen molar-refractivity contribution in [2.75, 3.05) is 18.8 Å². The molecule has 0 bridgehead atoms. The summed E-state index contributed by atoms with van der Waals surface area (Å²) in [6.45, 7) is 7.47. The molecule has 0 aliphatic rings. The molecule has 0 saturated heterocycles. The largest absolute Gasteiger partial charge is 0.399 e. The van der Waals surface area contributed by atoms with E-state index in [4.69, 9.17) is 5.73 Å². The number of aryl methyl sites for hydroxylation is 1. The van der Waals surface area contributed by atoms with Gasteiger partial charge in [-0.25, -0.2) is 0 Å². The number of nitrogen functional groups attached to an aromatic ring is 1. The first-order valence-corrected chi connectivity index (χ1v) is 5.81. The van der Waals surface area contributed by atoms with Gasteiger partial charge in [0.15, 0.2) is 0 Å². The smallest absolute Gasteiger partial charge is 0.253 e. The van der Waals surface area contributed by atoms with E-state index in [1.165, 1.54) is 0 Å². The van der Waals surface area contributed by atoms with Crippen molar-refractivity contribution in [3.63, 3.8) is 0 Å². The summed E-state index contributed by atoms with van der Waals surface area (Å²) in [5.41, 5.74) is 8.25. The van der Waals surface area contributed by atoms with Gasteiger partial charge in [-0.05, 0) is 44.0 Å². The Labute approximate surface area is 97.2 Å². The topological polar surface area (TPSA) is 46.3 Å². The Bertz CT molecular complexity index is 370. The van der Waals surface area contributed by atoms with Gasteiger partial charge < -0.3 is 10.6 Å². The second kappa shape index (κ2) is 5.54. The third kappa shape index (κ3) is 2.75. The van der Waals surface area contributed by atoms with Crippen molar-refractivity contribution in [3.05, 3.63) is 29.3 Å². The number of nitrogens with zero attached hydrogens (tertiary/aromatic N) is 1. The predicted octanol–water partition coefficient (Wildman–Crippen LogP) is 2.31. The fourth-order valence-corrected chi connectivity index (χ4v) is 1.74. The van der Waals surface area contributed by atoms with E-state index in [0.29, 0.717) is 11.3 Å². The number of hydrogen-bond acceptors (Lipinski definition) is 2. The zero-order chi connectivity index (χ0) is 12.1. The summed E-state index contributed by atoms with van der Waals surface area (Å²) in [4.78, 5) is 13.9. The van der Waals surface area contributed by atoms with Crippen molar-refractivity contribution < 1.29 is 4.79 Å². The molecule has 0 aromatic heterocycles. The zero-order valence-electron chi connectivity index (χ0n) is 10.3. The molecule has 1 aromatic rings. The standard InChI is InChI=1S/C13H20N2O/c1-4-10-7-11(9-12(14)8-10)13(16)15(5-2)6-3/h7-9H,4-6,14H2,1-3H3. The molecular formula is C13H20N2O. The second-order valence-corrected chi connectivity index (χ2v) is 3.79. The summed E-state index contributed by atoms with van der Waals surface area (Å²) in [6.07, 6.45) is 0.892. The van der Waals surface area contributed by atoms with Crippen LogP contribution in [0, 0.1) is 0 Å². The third-order valence-electron chi connectivity index (χ3n) is 2.72. The summed E-state index contributed by atoms with van der Waals surface area (Å²) in [5, 5.41) is 0. The minimum Gasteiger partial charge on any atom is -0.399 e. The van der Waals surface area contributed by atoms with Crippen LogP contribution in [0.4, 0.5) is 5.69 Å². The molecule has 0 spiro atoms. The van der Waals surface area contributed by atoms with E-state index in [2.05, 4.69) is 6.92 Å². The Hall–Kier alpha value is -1.51. The van der Waals surface area contributed by atoms with E-state index in [1.807, 2.05) is 26.0 Å². The molecule has 0 aliphatic carbocycles. The van der Waals surface area contributed by atoms with Crippen molar-refractivity contribution in [1.29, 1.82) is 0 Å². The molecule has 16 heavy (non-hydrogen) atoms. The normalized spacial score (nSPS) is 10.2. The highest BCUT2D eigenvalue weighted by Crippen LogP contribution is 2.14. The van der Waals surface area contributed by atoms with E-state index in [9.17, 15) is 4.79 Å². The van der Waals surface area contributed by atoms with Crippen LogP contribution in [0.3, 0.4) is 0 Å². The molecule has 1 amide bonds. The first-order valence-electron chi connectivity index (χ1n) is 5.81. The van der Waals surface area contributed by atoms with E-state index >= 15 is 0 Å². The molecular weight excluding hydrogens is 200 g/mol. The van der Waals surface area contributed by atoms with Crippen LogP contribution in [0.15, 0.2) is 18.2 Å². The Morgan fingerprint density at radius 3 is 2.31 bits per heavy atom. The predicted molar refractivity (Wildman–Crippen MR) is 67.5 cm³/mol. The minimum atomic E-state index is 0.0620. The average molecular weight is 220 g/mol. The lowest BCUT2D eigenvalue weighted by molar-refractivity contribution is 0.0773. The Kier molecular flexibility index (Phi) is 4.35. The van der Waals surface area contributed by atoms with Crippen molar-refractivity contribution in [2.24, 2.45) is 0 Å². The molecule has 0 aliphatic heterocycles. The number of hydrogen-bond donors (Lipinski definition) is 1. The Morgan fingerprint density at radius 1 is 1.19 bits per heavy atom. The summed E-state index contributed by atoms with van der Waals surface area (Å²) < 4.78 is 0. The van der Waals surface area contributed by atoms with Crippen LogP contribution in [-0.2, 0) is 6.42 Å². The maximum absolute atomic E-state index is 12.1. The van der Waals surface area contributed by atoms with Crippen molar-refractivity contribution in [3.8, 4) is 0 Å². The molecule has 3 heteroatoms. The quantitative estimate of drug-likeness (QED) is 0.791. The van der Waals surface area contributed by atoms with E-state index in [0.717, 1.165) is 25.1 Å². The highest BCUT2D eigenvalue weighted by Gasteiger charge is 2.13. The Balaban J connectivity index is 3.03. The number of nitrogens with two attached hydrogens (primary N) is 1. The molecule has 0 unspecified atom stereocenters. The van der Waals surface area contributed by atoms with Crippen LogP contribution in [0.5, 0.6) is 0 Å². The first kappa shape index (κ1) is 12.6. The van der Waals surface area contributed by atoms with E-state index in [1.54, 1.807) is 11.0 Å². The maximum Gasteiger partial charge on any atom is 0.253 e. The molecule has 0 heterocycles. The Morgan fingerprint density at radius 2 is 1.81 bits per heavy atom. The van der Waals surface area contributed by atoms with Gasteiger partial charge in [-0.2, -0.15) is 0 Å². The molecule has 0 atom stereocenters. The monoisotopic (exact) mass is 220 g/mol. The fourth-order valence-electron chi connectivity index (χ4n) is 1.74. The van der Waals surface area contributed by atoms with Crippen LogP contribution < -0.4 is 5.73 Å². The van der Waals surface area contributed by atoms with Crippen LogP contribution >= 0.6 is 0 Å². The van der Waals surface area contributed by atoms with Crippen LogP contribution in [0.25, 0.3) is 0 Å². The highest BCUT2D eigenvalue weighted by atomic mass is 16.2. The van der Waals surface area contributed by atoms with E-state index < -0.39 is 0 Å². The third-order valence-corrected chi connectivity index (χ3v) is 2.72. The molecule has 2 N–H and O–H groups in total. The van der Waals surface area contributed by atoms with Crippen LogP contribution in [0.1, 0.15) is 36.7 Å². The SMILES string of the molecule is CCc1cc(N)cc(C(=O)N(CC)CC)c1. The van der Waals surface area contributed by atoms with Gasteiger partial charge in [0.05, 0.1) is 0 Å². The average Bonchev–Trinajstić information content (AvgIpc) is 2.29. The number of anilines is 1. The second-order valence-electron chi connectivity index (χ2n) is 3.79. The number of carbonyl (C=O) groups excluding carboxylic acids is 1. The summed E-state index contributed by atoms with van der Waals surface area (Å²) in [7, 11) is 0. The lowest BCUT2D eigenvalue weighted by atomic mass is 10.1. The van der Waals surface area contributed by atoms with Gasteiger partial charge in [0.1, 0.15) is 0 Å². The molecule has 1 rings (SSSR count). The van der Waals surface area contributed by atoms with Gasteiger partial charge in [0, 0.05) is 24.3 Å². The van der Waals surface area contributed by atoms with Gasteiger partial charge in [-0.15, -0.1) is 0 Å².